The Morgan fingerprint density at radius 3 is 2.69 bits per heavy atom. The second kappa shape index (κ2) is 3.04. The molecule has 0 N–H and O–H groups in total. The van der Waals surface area contributed by atoms with E-state index in [0.717, 1.165) is 0 Å². The SMILES string of the molecule is O=C1SC(=O)C2CC3C(=O)OC(=O)C3C=C12. The van der Waals surface area contributed by atoms with Crippen LogP contribution in [0.25, 0.3) is 0 Å². The van der Waals surface area contributed by atoms with Crippen molar-refractivity contribution in [2.75, 3.05) is 0 Å². The highest BCUT2D eigenvalue weighted by Gasteiger charge is 2.52. The van der Waals surface area contributed by atoms with Crippen LogP contribution in [0.3, 0.4) is 0 Å². The fraction of sp³-hybridized carbons (Fsp3) is 0.400. The summed E-state index contributed by atoms with van der Waals surface area (Å²) >= 11 is 0.657. The number of esters is 2. The van der Waals surface area contributed by atoms with E-state index < -0.39 is 29.7 Å². The predicted octanol–water partition coefficient (Wildman–Crippen LogP) is 0.0485. The molecule has 0 amide bonds. The third-order valence-electron chi connectivity index (χ3n) is 3.15. The van der Waals surface area contributed by atoms with Gasteiger partial charge in [0.2, 0.25) is 10.2 Å². The summed E-state index contributed by atoms with van der Waals surface area (Å²) in [5, 5.41) is -0.539. The minimum atomic E-state index is -0.672. The summed E-state index contributed by atoms with van der Waals surface area (Å²) in [4.78, 5) is 45.5. The van der Waals surface area contributed by atoms with E-state index >= 15 is 0 Å². The van der Waals surface area contributed by atoms with Gasteiger partial charge in [0.05, 0.1) is 17.8 Å². The molecule has 2 saturated heterocycles. The largest absolute Gasteiger partial charge is 0.392 e. The second-order valence-corrected chi connectivity index (χ2v) is 4.97. The summed E-state index contributed by atoms with van der Waals surface area (Å²) in [5.41, 5.74) is 0.364. The van der Waals surface area contributed by atoms with E-state index in [1.807, 2.05) is 0 Å². The van der Waals surface area contributed by atoms with Crippen molar-refractivity contribution in [1.82, 2.24) is 0 Å². The van der Waals surface area contributed by atoms with Gasteiger partial charge in [0.25, 0.3) is 0 Å². The minimum absolute atomic E-state index is 0.221. The van der Waals surface area contributed by atoms with E-state index in [2.05, 4.69) is 4.74 Å². The highest BCUT2D eigenvalue weighted by atomic mass is 32.2. The summed E-state index contributed by atoms with van der Waals surface area (Å²) in [6, 6.07) is 0. The summed E-state index contributed by atoms with van der Waals surface area (Å²) in [5.74, 6) is -2.98. The van der Waals surface area contributed by atoms with Crippen LogP contribution in [0.1, 0.15) is 6.42 Å². The van der Waals surface area contributed by atoms with Gasteiger partial charge in [0.1, 0.15) is 0 Å². The Bertz CT molecular complexity index is 478. The summed E-state index contributed by atoms with van der Waals surface area (Å²) in [6.45, 7) is 0. The van der Waals surface area contributed by atoms with Crippen LogP contribution in [0, 0.1) is 17.8 Å². The standard InChI is InChI=1S/C10H6O5S/c11-7-3-1-5-6(10(14)16-9(5)13)2-4(3)8(12)15-7/h1,3-4,6H,2H2. The molecule has 0 aromatic heterocycles. The molecule has 3 aliphatic rings. The molecule has 0 aromatic carbocycles. The van der Waals surface area contributed by atoms with Crippen molar-refractivity contribution < 1.29 is 23.9 Å². The van der Waals surface area contributed by atoms with Gasteiger partial charge in [0, 0.05) is 5.57 Å². The summed E-state index contributed by atoms with van der Waals surface area (Å²) in [7, 11) is 0. The van der Waals surface area contributed by atoms with Crippen molar-refractivity contribution >= 4 is 33.9 Å². The third kappa shape index (κ3) is 1.13. The molecule has 3 atom stereocenters. The number of ether oxygens (including phenoxy) is 1. The van der Waals surface area contributed by atoms with Gasteiger partial charge in [-0.05, 0) is 18.2 Å². The first kappa shape index (κ1) is 9.77. The average Bonchev–Trinajstić information content (AvgIpc) is 2.67. The van der Waals surface area contributed by atoms with Gasteiger partial charge in [-0.3, -0.25) is 19.2 Å². The van der Waals surface area contributed by atoms with Gasteiger partial charge in [-0.2, -0.15) is 0 Å². The number of rotatable bonds is 0. The Labute approximate surface area is 94.2 Å². The first-order valence-electron chi connectivity index (χ1n) is 4.81. The van der Waals surface area contributed by atoms with E-state index in [1.165, 1.54) is 6.08 Å². The van der Waals surface area contributed by atoms with Crippen molar-refractivity contribution in [3.05, 3.63) is 11.6 Å². The average molecular weight is 238 g/mol. The molecule has 2 heterocycles. The third-order valence-corrected chi connectivity index (χ3v) is 4.05. The molecule has 5 nitrogen and oxygen atoms in total. The normalized spacial score (nSPS) is 37.0. The number of carbonyl (C=O) groups is 4. The number of carbonyl (C=O) groups excluding carboxylic acids is 4. The fourth-order valence-corrected chi connectivity index (χ4v) is 3.20. The highest BCUT2D eigenvalue weighted by Crippen LogP contribution is 2.45. The molecule has 16 heavy (non-hydrogen) atoms. The van der Waals surface area contributed by atoms with Gasteiger partial charge in [-0.1, -0.05) is 6.08 Å². The van der Waals surface area contributed by atoms with Gasteiger partial charge in [-0.25, -0.2) is 0 Å². The lowest BCUT2D eigenvalue weighted by Gasteiger charge is -2.20. The smallest absolute Gasteiger partial charge is 0.321 e. The van der Waals surface area contributed by atoms with Crippen molar-refractivity contribution in [1.29, 1.82) is 0 Å². The molecular weight excluding hydrogens is 232 g/mol. The molecule has 6 heteroatoms. The molecule has 0 bridgehead atoms. The van der Waals surface area contributed by atoms with Crippen LogP contribution >= 0.6 is 11.8 Å². The number of hydrogen-bond donors (Lipinski definition) is 0. The Morgan fingerprint density at radius 2 is 1.94 bits per heavy atom. The van der Waals surface area contributed by atoms with E-state index in [1.54, 1.807) is 0 Å². The zero-order valence-corrected chi connectivity index (χ0v) is 8.78. The molecule has 1 aliphatic carbocycles. The van der Waals surface area contributed by atoms with E-state index in [4.69, 9.17) is 0 Å². The van der Waals surface area contributed by atoms with E-state index in [-0.39, 0.29) is 16.7 Å². The van der Waals surface area contributed by atoms with E-state index in [9.17, 15) is 19.2 Å². The Kier molecular flexibility index (Phi) is 1.85. The second-order valence-electron chi connectivity index (χ2n) is 3.99. The Morgan fingerprint density at radius 1 is 1.19 bits per heavy atom. The van der Waals surface area contributed by atoms with Crippen molar-refractivity contribution in [2.24, 2.45) is 17.8 Å². The monoisotopic (exact) mass is 238 g/mol. The molecule has 3 rings (SSSR count). The maximum Gasteiger partial charge on any atom is 0.321 e. The van der Waals surface area contributed by atoms with Crippen LogP contribution in [0.5, 0.6) is 0 Å². The van der Waals surface area contributed by atoms with Crippen LogP contribution in [0.15, 0.2) is 11.6 Å². The minimum Gasteiger partial charge on any atom is -0.392 e. The maximum absolute atomic E-state index is 11.5. The van der Waals surface area contributed by atoms with Gasteiger partial charge in [-0.15, -0.1) is 0 Å². The Balaban J connectivity index is 2.05. The number of cyclic esters (lactones) is 2. The molecule has 2 fully saturated rings. The Hall–Kier alpha value is -1.43. The van der Waals surface area contributed by atoms with Gasteiger partial charge < -0.3 is 4.74 Å². The highest BCUT2D eigenvalue weighted by molar-refractivity contribution is 8.27. The topological polar surface area (TPSA) is 77.5 Å². The zero-order chi connectivity index (χ0) is 11.4. The number of fused-ring (bicyclic) bond motifs is 2. The number of thioether (sulfide) groups is 1. The quantitative estimate of drug-likeness (QED) is 0.438. The number of hydrogen-bond acceptors (Lipinski definition) is 6. The first-order valence-corrected chi connectivity index (χ1v) is 5.63. The van der Waals surface area contributed by atoms with Crippen molar-refractivity contribution in [3.8, 4) is 0 Å². The lowest BCUT2D eigenvalue weighted by Crippen LogP contribution is -2.27. The molecule has 0 saturated carbocycles. The van der Waals surface area contributed by atoms with Gasteiger partial charge >= 0.3 is 11.9 Å². The van der Waals surface area contributed by atoms with Gasteiger partial charge in [0.15, 0.2) is 0 Å². The van der Waals surface area contributed by atoms with Crippen LogP contribution in [-0.2, 0) is 23.9 Å². The summed E-state index contributed by atoms with van der Waals surface area (Å²) < 4.78 is 4.49. The van der Waals surface area contributed by atoms with Crippen LogP contribution in [-0.4, -0.2) is 22.2 Å². The molecular formula is C10H6O5S. The molecule has 82 valence electrons. The predicted molar refractivity (Wildman–Crippen MR) is 51.9 cm³/mol. The summed E-state index contributed by atoms with van der Waals surface area (Å²) in [6.07, 6.45) is 1.66. The van der Waals surface area contributed by atoms with Crippen molar-refractivity contribution in [2.45, 2.75) is 6.42 Å². The lowest BCUT2D eigenvalue weighted by molar-refractivity contribution is -0.153. The molecule has 3 unspecified atom stereocenters. The maximum atomic E-state index is 11.5. The van der Waals surface area contributed by atoms with Crippen LogP contribution in [0.4, 0.5) is 0 Å². The van der Waals surface area contributed by atoms with Crippen LogP contribution in [0.2, 0.25) is 0 Å². The zero-order valence-electron chi connectivity index (χ0n) is 7.97. The lowest BCUT2D eigenvalue weighted by atomic mass is 9.77. The first-order chi connectivity index (χ1) is 7.58. The molecule has 2 aliphatic heterocycles. The molecule has 0 aromatic rings. The fourth-order valence-electron chi connectivity index (χ4n) is 2.33. The van der Waals surface area contributed by atoms with Crippen LogP contribution < -0.4 is 0 Å². The molecule has 0 spiro atoms. The van der Waals surface area contributed by atoms with E-state index in [0.29, 0.717) is 17.3 Å². The van der Waals surface area contributed by atoms with Crippen molar-refractivity contribution in [3.63, 3.8) is 0 Å². The molecule has 0 radical (unpaired) electrons.